The second-order valence-corrected chi connectivity index (χ2v) is 11.8. The highest BCUT2D eigenvalue weighted by molar-refractivity contribution is 7.19. The van der Waals surface area contributed by atoms with E-state index in [0.717, 1.165) is 16.1 Å². The minimum absolute atomic E-state index is 0.00164. The summed E-state index contributed by atoms with van der Waals surface area (Å²) >= 11 is 5.86. The number of hydrogen-bond acceptors (Lipinski definition) is 1. The molecule has 6 rings (SSSR count). The van der Waals surface area contributed by atoms with Crippen LogP contribution in [0.4, 0.5) is 4.79 Å². The Morgan fingerprint density at radius 2 is 0.894 bits per heavy atom. The van der Waals surface area contributed by atoms with Crippen LogP contribution in [0.15, 0.2) is 170 Å². The lowest BCUT2D eigenvalue weighted by Crippen LogP contribution is -2.74. The third kappa shape index (κ3) is 7.97. The number of carbonyl (C=O) groups is 1. The summed E-state index contributed by atoms with van der Waals surface area (Å²) < 4.78 is 1.60. The first kappa shape index (κ1) is 33.2. The monoisotopic (exact) mass is 634 g/mol. The highest BCUT2D eigenvalue weighted by atomic mass is 35.5. The maximum atomic E-state index is 12.2. The van der Waals surface area contributed by atoms with E-state index in [1.807, 2.05) is 62.4 Å². The van der Waals surface area contributed by atoms with E-state index < -0.39 is 6.15 Å². The molecule has 0 bridgehead atoms. The fourth-order valence-corrected chi connectivity index (χ4v) is 6.35. The molecule has 0 saturated carbocycles. The van der Waals surface area contributed by atoms with E-state index in [9.17, 15) is 4.79 Å². The van der Waals surface area contributed by atoms with Gasteiger partial charge in [-0.1, -0.05) is 157 Å². The number of aromatic nitrogens is 1. The van der Waals surface area contributed by atoms with Crippen molar-refractivity contribution < 1.29 is 9.36 Å². The molecule has 0 aliphatic rings. The molecule has 0 N–H and O–H groups in total. The summed E-state index contributed by atoms with van der Waals surface area (Å²) in [6.07, 6.45) is 6.40. The largest absolute Gasteiger partial charge is 0.497 e. The van der Waals surface area contributed by atoms with Crippen molar-refractivity contribution in [2.45, 2.75) is 13.8 Å². The summed E-state index contributed by atoms with van der Waals surface area (Å²) in [6.45, 7) is 5.37. The first-order chi connectivity index (χ1) is 23.1. The van der Waals surface area contributed by atoms with Gasteiger partial charge < -0.3 is 0 Å². The second kappa shape index (κ2) is 16.4. The molecule has 5 heteroatoms. The average Bonchev–Trinajstić information content (AvgIpc) is 3.14. The normalized spacial score (nSPS) is 11.0. The Morgan fingerprint density at radius 3 is 1.23 bits per heavy atom. The Kier molecular flexibility index (Phi) is 11.6. The van der Waals surface area contributed by atoms with Crippen molar-refractivity contribution in [2.24, 2.45) is 0 Å². The van der Waals surface area contributed by atoms with Crippen molar-refractivity contribution in [3.8, 4) is 0 Å². The van der Waals surface area contributed by atoms with Gasteiger partial charge in [-0.05, 0) is 49.2 Å². The summed E-state index contributed by atoms with van der Waals surface area (Å²) in [5.74, 6) is 0. The molecule has 0 radical (unpaired) electrons. The van der Waals surface area contributed by atoms with Crippen LogP contribution in [0.3, 0.4) is 0 Å². The van der Waals surface area contributed by atoms with Crippen molar-refractivity contribution in [2.75, 3.05) is 13.1 Å². The highest BCUT2D eigenvalue weighted by Crippen LogP contribution is 2.12. The van der Waals surface area contributed by atoms with Crippen molar-refractivity contribution >= 4 is 57.8 Å². The molecule has 1 amide bonds. The first-order valence-electron chi connectivity index (χ1n) is 16.2. The lowest BCUT2D eigenvalue weighted by molar-refractivity contribution is -0.578. The lowest BCUT2D eigenvalue weighted by Gasteiger charge is -2.44. The van der Waals surface area contributed by atoms with Crippen LogP contribution in [0.25, 0.3) is 12.2 Å². The van der Waals surface area contributed by atoms with E-state index >= 15 is 0 Å². The summed E-state index contributed by atoms with van der Waals surface area (Å²) in [7, 11) is 0. The second-order valence-electron chi connectivity index (χ2n) is 11.4. The number of pyridine rings is 1. The summed E-state index contributed by atoms with van der Waals surface area (Å²) in [5, 5.41) is 0.729. The van der Waals surface area contributed by atoms with Crippen molar-refractivity contribution in [3.63, 3.8) is 0 Å². The van der Waals surface area contributed by atoms with Gasteiger partial charge in [0.05, 0.1) is 25.5 Å². The quantitative estimate of drug-likeness (QED) is 0.129. The van der Waals surface area contributed by atoms with Gasteiger partial charge in [-0.2, -0.15) is 31.2 Å². The molecule has 3 nitrogen and oxygen atoms in total. The zero-order valence-corrected chi connectivity index (χ0v) is 27.7. The molecule has 0 fully saturated rings. The molecule has 0 saturated heterocycles. The number of rotatable bonds is 8. The van der Waals surface area contributed by atoms with E-state index in [0.29, 0.717) is 13.1 Å². The Morgan fingerprint density at radius 1 is 0.553 bits per heavy atom. The van der Waals surface area contributed by atoms with Gasteiger partial charge >= 0.3 is 6.03 Å². The lowest BCUT2D eigenvalue weighted by atomic mass is 9.13. The molecule has 0 aliphatic carbocycles. The maximum Gasteiger partial charge on any atom is 0.497 e. The van der Waals surface area contributed by atoms with E-state index in [-0.39, 0.29) is 6.03 Å². The highest BCUT2D eigenvalue weighted by Gasteiger charge is 2.31. The average molecular weight is 635 g/mol. The standard InChI is InChI=1S/C24H20B.C18H20ClN2O/c1-5-13-21(14-6-1)25(22-15-7-2-8-16-22,23-17-9-3-10-18-23)24-19-11-4-12-20-24;1-3-20(4-2)18(22)21-13-11-16(12-14-21)6-5-15-7-9-17(19)10-8-15/h1-20H;5-14H,3-4H2,1-2H3/q-1;+1/b;6-5+. The molecule has 0 spiro atoms. The predicted octanol–water partition coefficient (Wildman–Crippen LogP) is 7.17. The van der Waals surface area contributed by atoms with Gasteiger partial charge in [-0.25, -0.2) is 4.90 Å². The van der Waals surface area contributed by atoms with Crippen molar-refractivity contribution in [3.05, 3.63) is 186 Å². The van der Waals surface area contributed by atoms with Crippen molar-refractivity contribution in [1.29, 1.82) is 0 Å². The maximum absolute atomic E-state index is 12.2. The molecule has 0 unspecified atom stereocenters. The van der Waals surface area contributed by atoms with Crippen LogP contribution in [0.2, 0.25) is 5.02 Å². The van der Waals surface area contributed by atoms with E-state index in [1.54, 1.807) is 21.9 Å². The third-order valence-corrected chi connectivity index (χ3v) is 8.90. The fourth-order valence-electron chi connectivity index (χ4n) is 6.22. The van der Waals surface area contributed by atoms with Crippen LogP contribution < -0.4 is 26.4 Å². The number of halogens is 1. The summed E-state index contributed by atoms with van der Waals surface area (Å²) in [5.41, 5.74) is 7.48. The van der Waals surface area contributed by atoms with Gasteiger partial charge in [-0.3, -0.25) is 0 Å². The van der Waals surface area contributed by atoms with Gasteiger partial charge in [0.2, 0.25) is 0 Å². The molecular weight excluding hydrogens is 595 g/mol. The predicted molar refractivity (Wildman–Crippen MR) is 201 cm³/mol. The molecular formula is C42H40BClN2O. The van der Waals surface area contributed by atoms with Gasteiger partial charge in [0.1, 0.15) is 6.15 Å². The smallest absolute Gasteiger partial charge is 0.226 e. The SMILES string of the molecule is CCN(CC)C(=O)[n+]1ccc(/C=C/c2ccc(Cl)cc2)cc1.c1ccc([B-](c2ccccc2)(c2ccccc2)c2ccccc2)cc1. The molecule has 0 atom stereocenters. The molecule has 234 valence electrons. The minimum Gasteiger partial charge on any atom is -0.226 e. The number of amides is 1. The number of carbonyl (C=O) groups excluding carboxylic acids is 1. The number of benzene rings is 5. The third-order valence-electron chi connectivity index (χ3n) is 8.65. The van der Waals surface area contributed by atoms with E-state index in [4.69, 9.17) is 11.6 Å². The van der Waals surface area contributed by atoms with Crippen LogP contribution in [0.1, 0.15) is 25.0 Å². The van der Waals surface area contributed by atoms with Crippen molar-refractivity contribution in [1.82, 2.24) is 4.90 Å². The van der Waals surface area contributed by atoms with E-state index in [1.165, 1.54) is 21.9 Å². The molecule has 0 aliphatic heterocycles. The number of hydrogen-bond donors (Lipinski definition) is 0. The number of nitrogens with zero attached hydrogens (tertiary/aromatic N) is 2. The molecule has 47 heavy (non-hydrogen) atoms. The van der Waals surface area contributed by atoms with Crippen LogP contribution >= 0.6 is 11.6 Å². The topological polar surface area (TPSA) is 24.2 Å². The Bertz CT molecular complexity index is 1680. The van der Waals surface area contributed by atoms with Gasteiger partial charge in [0, 0.05) is 5.02 Å². The molecule has 5 aromatic carbocycles. The van der Waals surface area contributed by atoms with E-state index in [2.05, 4.69) is 121 Å². The van der Waals surface area contributed by atoms with Gasteiger partial charge in [0.15, 0.2) is 0 Å². The van der Waals surface area contributed by atoms with Crippen LogP contribution in [-0.2, 0) is 0 Å². The first-order valence-corrected chi connectivity index (χ1v) is 16.6. The fraction of sp³-hybridized carbons (Fsp3) is 0.0952. The Labute approximate surface area is 284 Å². The van der Waals surface area contributed by atoms with Gasteiger partial charge in [0.25, 0.3) is 0 Å². The Balaban J connectivity index is 0.000000186. The molecule has 1 aromatic heterocycles. The summed E-state index contributed by atoms with van der Waals surface area (Å²) in [4.78, 5) is 14.0. The molecule has 1 heterocycles. The van der Waals surface area contributed by atoms with Gasteiger partial charge in [-0.15, -0.1) is 0 Å². The van der Waals surface area contributed by atoms with Crippen LogP contribution in [-0.4, -0.2) is 30.2 Å². The zero-order valence-electron chi connectivity index (χ0n) is 27.0. The van der Waals surface area contributed by atoms with Crippen LogP contribution in [0.5, 0.6) is 0 Å². The zero-order chi connectivity index (χ0) is 32.9. The Hall–Kier alpha value is -5.19. The van der Waals surface area contributed by atoms with Crippen LogP contribution in [0, 0.1) is 0 Å². The molecule has 6 aromatic rings. The minimum atomic E-state index is -1.22. The summed E-state index contributed by atoms with van der Waals surface area (Å²) in [6, 6.07) is 55.0.